The normalized spacial score (nSPS) is 27.2. The van der Waals surface area contributed by atoms with Crippen LogP contribution in [-0.4, -0.2) is 73.9 Å². The first kappa shape index (κ1) is 21.1. The highest BCUT2D eigenvalue weighted by Gasteiger charge is 2.46. The van der Waals surface area contributed by atoms with Crippen molar-refractivity contribution in [3.8, 4) is 5.75 Å². The van der Waals surface area contributed by atoms with Gasteiger partial charge in [0.25, 0.3) is 0 Å². The number of benzene rings is 1. The number of nitrogens with zero attached hydrogens (tertiary/aromatic N) is 1. The van der Waals surface area contributed by atoms with Gasteiger partial charge in [-0.3, -0.25) is 9.59 Å². The molecule has 0 bridgehead atoms. The van der Waals surface area contributed by atoms with Gasteiger partial charge in [-0.05, 0) is 57.5 Å². The number of hydrogen-bond donors (Lipinski definition) is 3. The van der Waals surface area contributed by atoms with E-state index in [1.54, 1.807) is 0 Å². The van der Waals surface area contributed by atoms with E-state index in [9.17, 15) is 14.7 Å². The summed E-state index contributed by atoms with van der Waals surface area (Å²) in [4.78, 5) is 26.2. The van der Waals surface area contributed by atoms with Gasteiger partial charge < -0.3 is 30.1 Å². The second-order valence-corrected chi connectivity index (χ2v) is 8.89. The zero-order chi connectivity index (χ0) is 21.3. The average Bonchev–Trinajstić information content (AvgIpc) is 3.45. The second-order valence-electron chi connectivity index (χ2n) is 8.89. The van der Waals surface area contributed by atoms with Gasteiger partial charge in [0, 0.05) is 23.7 Å². The van der Waals surface area contributed by atoms with Crippen LogP contribution in [0.5, 0.6) is 5.75 Å². The largest absolute Gasteiger partial charge is 0.487 e. The van der Waals surface area contributed by atoms with Gasteiger partial charge in [-0.15, -0.1) is 0 Å². The summed E-state index contributed by atoms with van der Waals surface area (Å²) in [5.41, 5.74) is 1.71. The summed E-state index contributed by atoms with van der Waals surface area (Å²) in [7, 11) is 3.69. The molecule has 2 aliphatic heterocycles. The highest BCUT2D eigenvalue weighted by atomic mass is 16.6. The van der Waals surface area contributed by atoms with Gasteiger partial charge in [0.15, 0.2) is 0 Å². The molecule has 8 nitrogen and oxygen atoms in total. The Hall–Kier alpha value is -2.16. The van der Waals surface area contributed by atoms with E-state index >= 15 is 0 Å². The number of aliphatic hydroxyl groups excluding tert-OH is 1. The Balaban J connectivity index is 1.44. The van der Waals surface area contributed by atoms with Crippen molar-refractivity contribution in [2.75, 3.05) is 39.1 Å². The molecule has 8 heteroatoms. The van der Waals surface area contributed by atoms with Gasteiger partial charge in [0.05, 0.1) is 25.7 Å². The summed E-state index contributed by atoms with van der Waals surface area (Å²) in [6.07, 6.45) is 2.26. The minimum Gasteiger partial charge on any atom is -0.487 e. The van der Waals surface area contributed by atoms with Crippen LogP contribution >= 0.6 is 0 Å². The first-order valence-electron chi connectivity index (χ1n) is 10.7. The van der Waals surface area contributed by atoms with E-state index in [1.807, 2.05) is 37.2 Å². The lowest BCUT2D eigenvalue weighted by molar-refractivity contribution is -0.142. The smallest absolute Gasteiger partial charge is 0.238 e. The Morgan fingerprint density at radius 1 is 1.23 bits per heavy atom. The average molecular weight is 418 g/mol. The van der Waals surface area contributed by atoms with Crippen molar-refractivity contribution in [1.29, 1.82) is 0 Å². The molecule has 4 atom stereocenters. The van der Waals surface area contributed by atoms with Crippen LogP contribution in [0.25, 0.3) is 0 Å². The van der Waals surface area contributed by atoms with Gasteiger partial charge in [0.1, 0.15) is 18.0 Å². The van der Waals surface area contributed by atoms with Gasteiger partial charge in [0.2, 0.25) is 11.8 Å². The van der Waals surface area contributed by atoms with E-state index in [0.717, 1.165) is 23.5 Å². The van der Waals surface area contributed by atoms with Crippen molar-refractivity contribution < 1.29 is 24.2 Å². The van der Waals surface area contributed by atoms with E-state index in [0.29, 0.717) is 18.9 Å². The van der Waals surface area contributed by atoms with Crippen LogP contribution in [0.3, 0.4) is 0 Å². The monoisotopic (exact) mass is 417 g/mol. The summed E-state index contributed by atoms with van der Waals surface area (Å²) in [5.74, 6) is 1.30. The minimum atomic E-state index is -0.482. The maximum Gasteiger partial charge on any atom is 0.238 e. The van der Waals surface area contributed by atoms with Crippen molar-refractivity contribution in [3.63, 3.8) is 0 Å². The number of amides is 2. The molecular weight excluding hydrogens is 386 g/mol. The molecule has 4 rings (SSSR count). The van der Waals surface area contributed by atoms with Crippen LogP contribution < -0.4 is 15.4 Å². The topological polar surface area (TPSA) is 100 Å². The number of carbonyl (C=O) groups excluding carboxylic acids is 2. The summed E-state index contributed by atoms with van der Waals surface area (Å²) in [6, 6.07) is 5.61. The molecule has 1 saturated heterocycles. The zero-order valence-corrected chi connectivity index (χ0v) is 17.6. The van der Waals surface area contributed by atoms with E-state index in [2.05, 4.69) is 10.6 Å². The molecule has 1 saturated carbocycles. The molecule has 1 aromatic carbocycles. The molecule has 1 aliphatic carbocycles. The van der Waals surface area contributed by atoms with Crippen molar-refractivity contribution in [2.24, 2.45) is 5.92 Å². The van der Waals surface area contributed by atoms with E-state index in [1.165, 1.54) is 12.8 Å². The van der Waals surface area contributed by atoms with Crippen molar-refractivity contribution >= 4 is 17.5 Å². The van der Waals surface area contributed by atoms with Crippen LogP contribution in [0.15, 0.2) is 18.2 Å². The summed E-state index contributed by atoms with van der Waals surface area (Å²) < 4.78 is 12.1. The molecule has 164 valence electrons. The highest BCUT2D eigenvalue weighted by Crippen LogP contribution is 2.47. The first-order chi connectivity index (χ1) is 14.4. The number of fused-ring (bicyclic) bond motifs is 3. The second kappa shape index (κ2) is 8.91. The number of carbonyl (C=O) groups is 2. The van der Waals surface area contributed by atoms with Gasteiger partial charge in [-0.25, -0.2) is 0 Å². The molecule has 0 spiro atoms. The minimum absolute atomic E-state index is 0.00845. The molecule has 0 unspecified atom stereocenters. The summed E-state index contributed by atoms with van der Waals surface area (Å²) in [5, 5.41) is 15.7. The Labute approximate surface area is 176 Å². The summed E-state index contributed by atoms with van der Waals surface area (Å²) >= 11 is 0. The predicted octanol–water partition coefficient (Wildman–Crippen LogP) is 1.10. The molecular formula is C22H31N3O5. The van der Waals surface area contributed by atoms with Gasteiger partial charge in [-0.1, -0.05) is 0 Å². The molecule has 30 heavy (non-hydrogen) atoms. The van der Waals surface area contributed by atoms with E-state index in [4.69, 9.17) is 9.47 Å². The third-order valence-electron chi connectivity index (χ3n) is 5.94. The van der Waals surface area contributed by atoms with Crippen molar-refractivity contribution in [3.05, 3.63) is 23.8 Å². The third kappa shape index (κ3) is 4.94. The van der Waals surface area contributed by atoms with Crippen molar-refractivity contribution in [1.82, 2.24) is 10.2 Å². The van der Waals surface area contributed by atoms with E-state index < -0.39 is 6.10 Å². The van der Waals surface area contributed by atoms with Crippen LogP contribution in [0.4, 0.5) is 5.69 Å². The Kier molecular flexibility index (Phi) is 6.26. The fourth-order valence-corrected chi connectivity index (χ4v) is 4.31. The molecule has 1 aromatic rings. The van der Waals surface area contributed by atoms with Crippen LogP contribution in [0.1, 0.15) is 37.2 Å². The fraction of sp³-hybridized carbons (Fsp3) is 0.636. The first-order valence-corrected chi connectivity index (χ1v) is 10.7. The quantitative estimate of drug-likeness (QED) is 0.586. The number of rotatable bonds is 8. The Morgan fingerprint density at radius 3 is 2.73 bits per heavy atom. The van der Waals surface area contributed by atoms with Crippen LogP contribution in [0.2, 0.25) is 0 Å². The number of nitrogens with one attached hydrogen (secondary N) is 2. The predicted molar refractivity (Wildman–Crippen MR) is 111 cm³/mol. The number of aliphatic hydroxyl groups is 1. The molecule has 3 N–H and O–H groups in total. The Morgan fingerprint density at radius 2 is 2.03 bits per heavy atom. The fourth-order valence-electron chi connectivity index (χ4n) is 4.31. The highest BCUT2D eigenvalue weighted by molar-refractivity contribution is 5.92. The maximum absolute atomic E-state index is 12.3. The van der Waals surface area contributed by atoms with Crippen molar-refractivity contribution in [2.45, 2.75) is 49.9 Å². The number of likely N-dealkylation sites (N-methyl/N-ethyl adjacent to an activating group) is 1. The number of ether oxygens (including phenoxy) is 2. The molecule has 2 amide bonds. The van der Waals surface area contributed by atoms with Gasteiger partial charge in [-0.2, -0.15) is 0 Å². The zero-order valence-electron chi connectivity index (χ0n) is 17.6. The maximum atomic E-state index is 12.3. The SMILES string of the molecule is CN(C)CC(=O)Nc1ccc2c(c1)[C@H]1C[C@H](CC(=O)NCC3CC3)O[C@H](CO)[C@H]1O2. The third-order valence-corrected chi connectivity index (χ3v) is 5.94. The lowest BCUT2D eigenvalue weighted by Gasteiger charge is -2.37. The van der Waals surface area contributed by atoms with Crippen LogP contribution in [0, 0.1) is 5.92 Å². The van der Waals surface area contributed by atoms with Gasteiger partial charge >= 0.3 is 0 Å². The lowest BCUT2D eigenvalue weighted by Crippen LogP contribution is -2.47. The molecule has 2 heterocycles. The Bertz CT molecular complexity index is 795. The lowest BCUT2D eigenvalue weighted by atomic mass is 9.84. The van der Waals surface area contributed by atoms with Crippen LogP contribution in [-0.2, 0) is 14.3 Å². The standard InChI is InChI=1S/C22H31N3O5/c1-25(2)11-21(28)24-14-5-6-18-16(7-14)17-8-15(29-19(12-26)22(17)30-18)9-20(27)23-10-13-3-4-13/h5-7,13,15,17,19,22,26H,3-4,8-12H2,1-2H3,(H,23,27)(H,24,28)/t15-,17-,19-,22+/m1/s1. The molecule has 2 fully saturated rings. The molecule has 3 aliphatic rings. The number of anilines is 1. The van der Waals surface area contributed by atoms with E-state index in [-0.39, 0.29) is 43.0 Å². The summed E-state index contributed by atoms with van der Waals surface area (Å²) in [6.45, 7) is 0.878. The number of hydrogen-bond acceptors (Lipinski definition) is 6. The molecule has 0 aromatic heterocycles. The molecule has 0 radical (unpaired) electrons.